The second kappa shape index (κ2) is 16.3. The van der Waals surface area contributed by atoms with Crippen molar-refractivity contribution in [3.63, 3.8) is 0 Å². The summed E-state index contributed by atoms with van der Waals surface area (Å²) in [5.41, 5.74) is -0.462. The van der Waals surface area contributed by atoms with Crippen molar-refractivity contribution in [2.75, 3.05) is 19.8 Å². The van der Waals surface area contributed by atoms with Crippen LogP contribution in [0.4, 0.5) is 0 Å². The van der Waals surface area contributed by atoms with Crippen molar-refractivity contribution in [3.05, 3.63) is 30.3 Å². The van der Waals surface area contributed by atoms with Gasteiger partial charge in [-0.1, -0.05) is 0 Å². The van der Waals surface area contributed by atoms with Gasteiger partial charge >= 0.3 is 11.3 Å². The lowest BCUT2D eigenvalue weighted by Gasteiger charge is -2.39. The quantitative estimate of drug-likeness (QED) is 0.0675. The Labute approximate surface area is 308 Å². The summed E-state index contributed by atoms with van der Waals surface area (Å²) < 4.78 is 39.3. The van der Waals surface area contributed by atoms with Crippen LogP contribution in [0.25, 0.3) is 22.3 Å². The van der Waals surface area contributed by atoms with E-state index in [9.17, 15) is 76.6 Å². The number of hydrogen-bond acceptors (Lipinski definition) is 21. The molecule has 0 radical (unpaired) electrons. The first-order valence-corrected chi connectivity index (χ1v) is 16.7. The third kappa shape index (κ3) is 7.76. The second-order valence-electron chi connectivity index (χ2n) is 13.1. The molecule has 4 heterocycles. The molecule has 3 aliphatic rings. The number of phenolic OH excluding ortho intramolecular Hbond substituents is 3. The van der Waals surface area contributed by atoms with Crippen LogP contribution >= 0.6 is 0 Å². The Morgan fingerprint density at radius 2 is 0.945 bits per heavy atom. The molecule has 3 fully saturated rings. The molecule has 1 aromatic heterocycles. The number of rotatable bonds is 10. The van der Waals surface area contributed by atoms with E-state index in [0.717, 1.165) is 30.3 Å². The van der Waals surface area contributed by atoms with E-state index in [0.29, 0.717) is 0 Å². The first-order valence-electron chi connectivity index (χ1n) is 16.7. The topological polar surface area (TPSA) is 370 Å². The molecule has 0 saturated carbocycles. The fourth-order valence-electron chi connectivity index (χ4n) is 6.22. The number of ether oxygens (including phenoxy) is 6. The summed E-state index contributed by atoms with van der Waals surface area (Å²) in [6.45, 7) is -2.39. The Bertz CT molecular complexity index is 1800. The Morgan fingerprint density at radius 1 is 0.491 bits per heavy atom. The van der Waals surface area contributed by atoms with Crippen LogP contribution in [0.2, 0.25) is 0 Å². The van der Waals surface area contributed by atoms with E-state index in [2.05, 4.69) is 0 Å². The number of fused-ring (bicyclic) bond motifs is 1. The summed E-state index contributed by atoms with van der Waals surface area (Å²) in [4.78, 5) is 0. The number of hydrogen-bond donors (Lipinski definition) is 15. The Morgan fingerprint density at radius 3 is 1.42 bits per heavy atom. The van der Waals surface area contributed by atoms with Crippen LogP contribution < -0.4 is 14.2 Å². The summed E-state index contributed by atoms with van der Waals surface area (Å²) in [7, 11) is 0. The summed E-state index contributed by atoms with van der Waals surface area (Å²) >= 11 is 0. The van der Waals surface area contributed by atoms with Gasteiger partial charge in [-0.3, -0.25) is 0 Å². The Balaban J connectivity index is 1.43. The molecule has 15 N–H and O–H groups in total. The maximum atomic E-state index is 11.1. The largest absolute Gasteiger partial charge is 0.507 e. The van der Waals surface area contributed by atoms with Gasteiger partial charge in [-0.25, -0.2) is 4.42 Å². The zero-order valence-electron chi connectivity index (χ0n) is 28.2. The number of aliphatic hydroxyl groups is 12. The average Bonchev–Trinajstić information content (AvgIpc) is 3.16. The standard InChI is InChI=1S/C33H40O22/c34-6-17-21(40)24(43)27(46)31(53-17)49-10-3-12(37)11-5-16(52-33-29(48)26(45)23(42)19(8-36)55-33)30(50-14(11)4-10)9-1-13(38)20(39)15(2-9)51-32-28(47)25(44)22(41)18(7-35)54-32/h1-5,17-19,21-29,31-36,40-48H,6-8H2,(H2-,37,38,39)/p+1. The predicted molar refractivity (Wildman–Crippen MR) is 174 cm³/mol. The van der Waals surface area contributed by atoms with Crippen LogP contribution in [0, 0.1) is 0 Å². The van der Waals surface area contributed by atoms with Crippen LogP contribution in [0.3, 0.4) is 0 Å². The highest BCUT2D eigenvalue weighted by Gasteiger charge is 2.48. The molecule has 6 rings (SSSR count). The smallest absolute Gasteiger partial charge is 0.402 e. The predicted octanol–water partition coefficient (Wildman–Crippen LogP) is -4.97. The normalized spacial score (nSPS) is 36.8. The van der Waals surface area contributed by atoms with Crippen molar-refractivity contribution in [1.29, 1.82) is 0 Å². The lowest BCUT2D eigenvalue weighted by molar-refractivity contribution is -0.277. The average molecular weight is 790 g/mol. The highest BCUT2D eigenvalue weighted by atomic mass is 16.7. The van der Waals surface area contributed by atoms with Gasteiger partial charge in [-0.15, -0.1) is 0 Å². The second-order valence-corrected chi connectivity index (χ2v) is 13.1. The molecular weight excluding hydrogens is 748 g/mol. The molecule has 55 heavy (non-hydrogen) atoms. The first-order chi connectivity index (χ1) is 26.1. The highest BCUT2D eigenvalue weighted by molar-refractivity contribution is 5.89. The zero-order chi connectivity index (χ0) is 40.0. The maximum Gasteiger partial charge on any atom is 0.402 e. The minimum atomic E-state index is -1.94. The number of aliphatic hydroxyl groups excluding tert-OH is 12. The highest BCUT2D eigenvalue weighted by Crippen LogP contribution is 2.46. The molecule has 0 spiro atoms. The van der Waals surface area contributed by atoms with Crippen LogP contribution in [0.15, 0.2) is 34.7 Å². The van der Waals surface area contributed by atoms with Gasteiger partial charge in [0.1, 0.15) is 90.1 Å². The number of aromatic hydroxyl groups is 3. The van der Waals surface area contributed by atoms with Gasteiger partial charge in [0.05, 0.1) is 31.5 Å². The molecule has 0 aliphatic carbocycles. The van der Waals surface area contributed by atoms with Crippen LogP contribution in [0.5, 0.6) is 34.5 Å². The molecule has 3 aliphatic heterocycles. The van der Waals surface area contributed by atoms with E-state index in [1.807, 2.05) is 0 Å². The molecule has 22 heteroatoms. The lowest BCUT2D eigenvalue weighted by Crippen LogP contribution is -2.60. The first kappa shape index (κ1) is 40.7. The van der Waals surface area contributed by atoms with E-state index in [1.165, 1.54) is 0 Å². The van der Waals surface area contributed by atoms with Crippen LogP contribution in [0.1, 0.15) is 0 Å². The minimum absolute atomic E-state index is 0.134. The van der Waals surface area contributed by atoms with E-state index in [1.54, 1.807) is 0 Å². The van der Waals surface area contributed by atoms with Crippen molar-refractivity contribution >= 4 is 11.0 Å². The molecule has 15 atom stereocenters. The summed E-state index contributed by atoms with van der Waals surface area (Å²) in [5, 5.41) is 154. The van der Waals surface area contributed by atoms with E-state index >= 15 is 0 Å². The molecular formula is C33H41O22+. The fraction of sp³-hybridized carbons (Fsp3) is 0.545. The van der Waals surface area contributed by atoms with Crippen molar-refractivity contribution in [2.24, 2.45) is 0 Å². The number of benzene rings is 2. The molecule has 2 aromatic carbocycles. The van der Waals surface area contributed by atoms with Crippen molar-refractivity contribution < 1.29 is 109 Å². The van der Waals surface area contributed by atoms with Gasteiger partial charge in [0.2, 0.25) is 30.4 Å². The van der Waals surface area contributed by atoms with Gasteiger partial charge < -0.3 is 105 Å². The monoisotopic (exact) mass is 789 g/mol. The third-order valence-electron chi connectivity index (χ3n) is 9.41. The summed E-state index contributed by atoms with van der Waals surface area (Å²) in [6, 6.07) is 5.24. The zero-order valence-corrected chi connectivity index (χ0v) is 28.2. The van der Waals surface area contributed by atoms with Gasteiger partial charge in [0, 0.05) is 24.3 Å². The van der Waals surface area contributed by atoms with Gasteiger partial charge in [0.25, 0.3) is 0 Å². The molecule has 3 aromatic rings. The molecule has 0 amide bonds. The summed E-state index contributed by atoms with van der Waals surface area (Å²) in [6.07, 6.45) is -26.0. The minimum Gasteiger partial charge on any atom is -0.507 e. The maximum absolute atomic E-state index is 11.1. The van der Waals surface area contributed by atoms with Gasteiger partial charge in [-0.2, -0.15) is 0 Å². The SMILES string of the molecule is OCC1OC(Oc2cc(O)c3cc(OC4OC(CO)C(O)C(O)C4O)c(-c4cc(O)c(O)c(OC5OC(CO)C(O)C(O)C5O)c4)[o+]c3c2)C(O)C(O)C1O. The lowest BCUT2D eigenvalue weighted by atomic mass is 9.99. The van der Waals surface area contributed by atoms with E-state index < -0.39 is 146 Å². The van der Waals surface area contributed by atoms with Crippen molar-refractivity contribution in [3.8, 4) is 45.8 Å². The molecule has 0 bridgehead atoms. The van der Waals surface area contributed by atoms with Crippen molar-refractivity contribution in [2.45, 2.75) is 92.1 Å². The van der Waals surface area contributed by atoms with Crippen molar-refractivity contribution in [1.82, 2.24) is 0 Å². The molecule has 15 unspecified atom stereocenters. The summed E-state index contributed by atoms with van der Waals surface area (Å²) in [5.74, 6) is -4.10. The fourth-order valence-corrected chi connectivity index (χ4v) is 6.22. The number of phenols is 3. The molecule has 304 valence electrons. The Kier molecular flexibility index (Phi) is 12.0. The van der Waals surface area contributed by atoms with Crippen LogP contribution in [-0.4, -0.2) is 189 Å². The third-order valence-corrected chi connectivity index (χ3v) is 9.41. The molecule has 22 nitrogen and oxygen atoms in total. The van der Waals surface area contributed by atoms with Crippen LogP contribution in [-0.2, 0) is 14.2 Å². The van der Waals surface area contributed by atoms with Gasteiger partial charge in [0.15, 0.2) is 11.5 Å². The van der Waals surface area contributed by atoms with E-state index in [-0.39, 0.29) is 22.3 Å². The molecule has 3 saturated heterocycles. The van der Waals surface area contributed by atoms with E-state index in [4.69, 9.17) is 32.8 Å². The van der Waals surface area contributed by atoms with Gasteiger partial charge in [-0.05, 0) is 0 Å². The Hall–Kier alpha value is -3.95.